The molecule has 0 radical (unpaired) electrons. The van der Waals surface area contributed by atoms with Gasteiger partial charge in [-0.1, -0.05) is 39.7 Å². The summed E-state index contributed by atoms with van der Waals surface area (Å²) in [4.78, 5) is 0. The molecule has 2 rings (SSSR count). The largest absolute Gasteiger partial charge is 0.395 e. The van der Waals surface area contributed by atoms with Crippen molar-refractivity contribution in [3.05, 3.63) is 68.9 Å². The van der Waals surface area contributed by atoms with Gasteiger partial charge in [0, 0.05) is 14.9 Å². The summed E-state index contributed by atoms with van der Waals surface area (Å²) in [7, 11) is 0. The maximum atomic E-state index is 13.4. The third kappa shape index (κ3) is 3.64. The van der Waals surface area contributed by atoms with Crippen molar-refractivity contribution >= 4 is 27.5 Å². The summed E-state index contributed by atoms with van der Waals surface area (Å²) < 4.78 is 14.2. The minimum Gasteiger partial charge on any atom is -0.395 e. The highest BCUT2D eigenvalue weighted by Crippen LogP contribution is 2.32. The van der Waals surface area contributed by atoms with Gasteiger partial charge in [0.2, 0.25) is 0 Å². The molecule has 0 aliphatic carbocycles. The lowest BCUT2D eigenvalue weighted by Crippen LogP contribution is -2.37. The van der Waals surface area contributed by atoms with Crippen molar-refractivity contribution in [2.24, 2.45) is 0 Å². The van der Waals surface area contributed by atoms with Gasteiger partial charge in [-0.15, -0.1) is 0 Å². The molecule has 2 N–H and O–H groups in total. The summed E-state index contributed by atoms with van der Waals surface area (Å²) in [5.74, 6) is -0.353. The summed E-state index contributed by atoms with van der Waals surface area (Å²) in [6, 6.07) is 11.3. The molecule has 0 fully saturated rings. The first kappa shape index (κ1) is 16.4. The van der Waals surface area contributed by atoms with Crippen LogP contribution in [0.25, 0.3) is 0 Å². The highest BCUT2D eigenvalue weighted by molar-refractivity contribution is 9.10. The Morgan fingerprint density at radius 2 is 1.67 bits per heavy atom. The Morgan fingerprint density at radius 1 is 1.05 bits per heavy atom. The lowest BCUT2D eigenvalue weighted by atomic mass is 9.77. The SMILES string of the molecule is OCC(CO)(Cc1cc(F)ccc1Br)c1ccc(Cl)cc1. The van der Waals surface area contributed by atoms with Crippen molar-refractivity contribution in [1.29, 1.82) is 0 Å². The Hall–Kier alpha value is -0.940. The van der Waals surface area contributed by atoms with E-state index >= 15 is 0 Å². The molecule has 21 heavy (non-hydrogen) atoms. The summed E-state index contributed by atoms with van der Waals surface area (Å²) in [5, 5.41) is 20.2. The van der Waals surface area contributed by atoms with Crippen molar-refractivity contribution in [2.45, 2.75) is 11.8 Å². The van der Waals surface area contributed by atoms with Crippen molar-refractivity contribution in [2.75, 3.05) is 13.2 Å². The highest BCUT2D eigenvalue weighted by atomic mass is 79.9. The summed E-state index contributed by atoms with van der Waals surface area (Å²) in [6.45, 7) is -0.512. The lowest BCUT2D eigenvalue weighted by Gasteiger charge is -2.31. The van der Waals surface area contributed by atoms with Gasteiger partial charge in [0.1, 0.15) is 5.82 Å². The quantitative estimate of drug-likeness (QED) is 0.839. The van der Waals surface area contributed by atoms with Crippen LogP contribution in [0.1, 0.15) is 11.1 Å². The van der Waals surface area contributed by atoms with E-state index < -0.39 is 5.41 Å². The molecule has 0 heterocycles. The first-order valence-electron chi connectivity index (χ1n) is 6.42. The zero-order valence-electron chi connectivity index (χ0n) is 11.2. The van der Waals surface area contributed by atoms with E-state index in [2.05, 4.69) is 15.9 Å². The van der Waals surface area contributed by atoms with Gasteiger partial charge in [-0.3, -0.25) is 0 Å². The number of aliphatic hydroxyl groups is 2. The molecule has 5 heteroatoms. The molecule has 0 bridgehead atoms. The molecular weight excluding hydrogens is 359 g/mol. The molecule has 0 spiro atoms. The van der Waals surface area contributed by atoms with Gasteiger partial charge >= 0.3 is 0 Å². The van der Waals surface area contributed by atoms with Gasteiger partial charge in [0.15, 0.2) is 0 Å². The highest BCUT2D eigenvalue weighted by Gasteiger charge is 2.32. The fourth-order valence-electron chi connectivity index (χ4n) is 2.29. The minimum absolute atomic E-state index is 0.256. The number of aliphatic hydroxyl groups excluding tert-OH is 2. The van der Waals surface area contributed by atoms with Gasteiger partial charge in [-0.2, -0.15) is 0 Å². The molecule has 0 unspecified atom stereocenters. The van der Waals surface area contributed by atoms with E-state index in [4.69, 9.17) is 11.6 Å². The van der Waals surface area contributed by atoms with Crippen molar-refractivity contribution < 1.29 is 14.6 Å². The molecular formula is C16H15BrClFO2. The van der Waals surface area contributed by atoms with Crippen LogP contribution in [-0.2, 0) is 11.8 Å². The normalized spacial score (nSPS) is 11.7. The average molecular weight is 374 g/mol. The number of hydrogen-bond donors (Lipinski definition) is 2. The van der Waals surface area contributed by atoms with Gasteiger partial charge < -0.3 is 10.2 Å². The standard InChI is InChI=1S/C16H15BrClFO2/c17-15-6-5-14(19)7-11(15)8-16(9-20,10-21)12-1-3-13(18)4-2-12/h1-7,20-21H,8-10H2. The van der Waals surface area contributed by atoms with Gasteiger partial charge in [0.25, 0.3) is 0 Å². The second-order valence-electron chi connectivity index (χ2n) is 5.02. The topological polar surface area (TPSA) is 40.5 Å². The van der Waals surface area contributed by atoms with Crippen LogP contribution in [0.15, 0.2) is 46.9 Å². The zero-order chi connectivity index (χ0) is 15.5. The molecule has 0 saturated carbocycles. The van der Waals surface area contributed by atoms with Crippen molar-refractivity contribution in [1.82, 2.24) is 0 Å². The van der Waals surface area contributed by atoms with E-state index in [1.165, 1.54) is 12.1 Å². The summed E-state index contributed by atoms with van der Waals surface area (Å²) >= 11 is 9.25. The predicted octanol–water partition coefficient (Wildman–Crippen LogP) is 3.71. The Morgan fingerprint density at radius 3 is 2.24 bits per heavy atom. The molecule has 112 valence electrons. The second kappa shape index (κ2) is 6.88. The monoisotopic (exact) mass is 372 g/mol. The maximum Gasteiger partial charge on any atom is 0.123 e. The molecule has 0 aliphatic rings. The average Bonchev–Trinajstić information content (AvgIpc) is 2.49. The first-order chi connectivity index (χ1) is 10.0. The van der Waals surface area contributed by atoms with Crippen LogP contribution in [-0.4, -0.2) is 23.4 Å². The Balaban J connectivity index is 2.42. The van der Waals surface area contributed by atoms with Crippen LogP contribution in [0, 0.1) is 5.82 Å². The predicted molar refractivity (Wildman–Crippen MR) is 85.1 cm³/mol. The third-order valence-electron chi connectivity index (χ3n) is 3.60. The molecule has 2 aromatic rings. The van der Waals surface area contributed by atoms with Gasteiger partial charge in [0.05, 0.1) is 13.2 Å². The first-order valence-corrected chi connectivity index (χ1v) is 7.59. The Bertz CT molecular complexity index is 612. The zero-order valence-corrected chi connectivity index (χ0v) is 13.5. The molecule has 0 aromatic heterocycles. The Labute approximate surface area is 136 Å². The van der Waals surface area contributed by atoms with E-state index in [1.54, 1.807) is 30.3 Å². The fourth-order valence-corrected chi connectivity index (χ4v) is 2.81. The van der Waals surface area contributed by atoms with Gasteiger partial charge in [-0.25, -0.2) is 4.39 Å². The van der Waals surface area contributed by atoms with E-state index in [0.29, 0.717) is 17.0 Å². The van der Waals surface area contributed by atoms with Gasteiger partial charge in [-0.05, 0) is 47.9 Å². The second-order valence-corrected chi connectivity index (χ2v) is 6.31. The molecule has 2 aromatic carbocycles. The van der Waals surface area contributed by atoms with E-state index in [1.807, 2.05) is 0 Å². The lowest BCUT2D eigenvalue weighted by molar-refractivity contribution is 0.116. The molecule has 0 amide bonds. The maximum absolute atomic E-state index is 13.4. The number of benzene rings is 2. The molecule has 2 nitrogen and oxygen atoms in total. The van der Waals surface area contributed by atoms with E-state index in [9.17, 15) is 14.6 Å². The van der Waals surface area contributed by atoms with Crippen LogP contribution in [0.4, 0.5) is 4.39 Å². The number of halogens is 3. The van der Waals surface area contributed by atoms with Crippen molar-refractivity contribution in [3.63, 3.8) is 0 Å². The van der Waals surface area contributed by atoms with Crippen LogP contribution in [0.5, 0.6) is 0 Å². The number of hydrogen-bond acceptors (Lipinski definition) is 2. The molecule has 0 atom stereocenters. The smallest absolute Gasteiger partial charge is 0.123 e. The van der Waals surface area contributed by atoms with Crippen LogP contribution in [0.2, 0.25) is 5.02 Å². The van der Waals surface area contributed by atoms with Crippen molar-refractivity contribution in [3.8, 4) is 0 Å². The van der Waals surface area contributed by atoms with Crippen LogP contribution < -0.4 is 0 Å². The molecule has 0 saturated heterocycles. The van der Waals surface area contributed by atoms with E-state index in [0.717, 1.165) is 10.0 Å². The Kier molecular flexibility index (Phi) is 5.38. The summed E-state index contributed by atoms with van der Waals surface area (Å²) in [6.07, 6.45) is 0.306. The minimum atomic E-state index is -0.888. The fraction of sp³-hybridized carbons (Fsp3) is 0.250. The third-order valence-corrected chi connectivity index (χ3v) is 4.62. The summed E-state index contributed by atoms with van der Waals surface area (Å²) in [5.41, 5.74) is 0.557. The van der Waals surface area contributed by atoms with Crippen LogP contribution >= 0.6 is 27.5 Å². The van der Waals surface area contributed by atoms with E-state index in [-0.39, 0.29) is 19.0 Å². The molecule has 0 aliphatic heterocycles. The number of rotatable bonds is 5. The van der Waals surface area contributed by atoms with Crippen LogP contribution in [0.3, 0.4) is 0 Å².